The minimum Gasteiger partial charge on any atom is -0.330 e. The van der Waals surface area contributed by atoms with Gasteiger partial charge in [-0.05, 0) is 12.6 Å². The van der Waals surface area contributed by atoms with Gasteiger partial charge in [0, 0.05) is 18.9 Å². The number of aryl methyl sites for hydroxylation is 1. The predicted octanol–water partition coefficient (Wildman–Crippen LogP) is 1.07. The van der Waals surface area contributed by atoms with Crippen molar-refractivity contribution >= 4 is 10.9 Å². The molecule has 3 nitrogen and oxygen atoms in total. The minimum atomic E-state index is 0.654. The van der Waals surface area contributed by atoms with E-state index in [1.807, 2.05) is 23.9 Å². The van der Waals surface area contributed by atoms with Gasteiger partial charge in [0.05, 0.1) is 11.2 Å². The first kappa shape index (κ1) is 8.26. The summed E-state index contributed by atoms with van der Waals surface area (Å²) in [4.78, 5) is 0. The topological polar surface area (TPSA) is 43.8 Å². The molecule has 0 saturated heterocycles. The predicted molar refractivity (Wildman–Crippen MR) is 53.5 cm³/mol. The standard InChI is InChI=1S/C10H13N3/c1-13-10-5-3-2-4-8(10)9(12-13)6-7-11/h2-5H,6-7,11H2,1H3. The summed E-state index contributed by atoms with van der Waals surface area (Å²) in [6, 6.07) is 8.22. The van der Waals surface area contributed by atoms with Crippen molar-refractivity contribution in [2.45, 2.75) is 6.42 Å². The molecule has 2 N–H and O–H groups in total. The fourth-order valence-corrected chi connectivity index (χ4v) is 1.61. The number of benzene rings is 1. The molecule has 0 saturated carbocycles. The van der Waals surface area contributed by atoms with Crippen molar-refractivity contribution in [3.8, 4) is 0 Å². The Labute approximate surface area is 77.2 Å². The van der Waals surface area contributed by atoms with Gasteiger partial charge in [-0.1, -0.05) is 18.2 Å². The zero-order valence-electron chi connectivity index (χ0n) is 7.70. The van der Waals surface area contributed by atoms with Gasteiger partial charge in [0.2, 0.25) is 0 Å². The highest BCUT2D eigenvalue weighted by atomic mass is 15.3. The van der Waals surface area contributed by atoms with Crippen molar-refractivity contribution < 1.29 is 0 Å². The SMILES string of the molecule is Cn1nc(CCN)c2ccccc21. The second-order valence-corrected chi connectivity index (χ2v) is 3.13. The van der Waals surface area contributed by atoms with Crippen molar-refractivity contribution in [2.75, 3.05) is 6.54 Å². The molecule has 1 heterocycles. The molecule has 0 aliphatic heterocycles. The third-order valence-corrected chi connectivity index (χ3v) is 2.22. The largest absolute Gasteiger partial charge is 0.330 e. The molecule has 13 heavy (non-hydrogen) atoms. The first-order valence-electron chi connectivity index (χ1n) is 4.43. The number of nitrogens with zero attached hydrogens (tertiary/aromatic N) is 2. The summed E-state index contributed by atoms with van der Waals surface area (Å²) in [5, 5.41) is 5.63. The number of rotatable bonds is 2. The number of aromatic nitrogens is 2. The van der Waals surface area contributed by atoms with Crippen LogP contribution >= 0.6 is 0 Å². The van der Waals surface area contributed by atoms with Gasteiger partial charge in [-0.25, -0.2) is 0 Å². The minimum absolute atomic E-state index is 0.654. The van der Waals surface area contributed by atoms with Crippen LogP contribution in [0, 0.1) is 0 Å². The second-order valence-electron chi connectivity index (χ2n) is 3.13. The van der Waals surface area contributed by atoms with Crippen molar-refractivity contribution in [3.05, 3.63) is 30.0 Å². The molecule has 1 aromatic carbocycles. The normalized spacial score (nSPS) is 10.9. The lowest BCUT2D eigenvalue weighted by Gasteiger charge is -1.91. The second kappa shape index (κ2) is 3.18. The lowest BCUT2D eigenvalue weighted by atomic mass is 10.2. The molecule has 2 aromatic rings. The molecule has 1 aromatic heterocycles. The van der Waals surface area contributed by atoms with E-state index in [1.54, 1.807) is 0 Å². The molecule has 2 rings (SSSR count). The van der Waals surface area contributed by atoms with Crippen LogP contribution in [0.15, 0.2) is 24.3 Å². The number of fused-ring (bicyclic) bond motifs is 1. The van der Waals surface area contributed by atoms with Crippen molar-refractivity contribution in [3.63, 3.8) is 0 Å². The Kier molecular flexibility index (Phi) is 2.02. The monoisotopic (exact) mass is 175 g/mol. The van der Waals surface area contributed by atoms with Crippen LogP contribution in [-0.4, -0.2) is 16.3 Å². The maximum absolute atomic E-state index is 5.51. The summed E-state index contributed by atoms with van der Waals surface area (Å²) in [6.45, 7) is 0.654. The first-order valence-corrected chi connectivity index (χ1v) is 4.43. The van der Waals surface area contributed by atoms with E-state index >= 15 is 0 Å². The van der Waals surface area contributed by atoms with Crippen LogP contribution in [0.25, 0.3) is 10.9 Å². The lowest BCUT2D eigenvalue weighted by molar-refractivity contribution is 0.761. The lowest BCUT2D eigenvalue weighted by Crippen LogP contribution is -2.03. The number of hydrogen-bond acceptors (Lipinski definition) is 2. The van der Waals surface area contributed by atoms with Gasteiger partial charge in [-0.2, -0.15) is 5.10 Å². The summed E-state index contributed by atoms with van der Waals surface area (Å²) in [6.07, 6.45) is 0.849. The number of hydrogen-bond donors (Lipinski definition) is 1. The Morgan fingerprint density at radius 3 is 2.92 bits per heavy atom. The van der Waals surface area contributed by atoms with Crippen molar-refractivity contribution in [2.24, 2.45) is 12.8 Å². The van der Waals surface area contributed by atoms with Gasteiger partial charge >= 0.3 is 0 Å². The fraction of sp³-hybridized carbons (Fsp3) is 0.300. The quantitative estimate of drug-likeness (QED) is 0.742. The first-order chi connectivity index (χ1) is 6.33. The average Bonchev–Trinajstić information content (AvgIpc) is 2.46. The molecule has 0 spiro atoms. The number of para-hydroxylation sites is 1. The molecular weight excluding hydrogens is 162 g/mol. The molecule has 68 valence electrons. The zero-order valence-corrected chi connectivity index (χ0v) is 7.70. The Balaban J connectivity index is 2.63. The van der Waals surface area contributed by atoms with Crippen LogP contribution in [0.4, 0.5) is 0 Å². The molecule has 0 bridgehead atoms. The van der Waals surface area contributed by atoms with Crippen LogP contribution in [0.2, 0.25) is 0 Å². The Bertz CT molecular complexity index is 417. The molecule has 0 aliphatic carbocycles. The van der Waals surface area contributed by atoms with E-state index in [0.717, 1.165) is 12.1 Å². The van der Waals surface area contributed by atoms with Crippen LogP contribution in [-0.2, 0) is 13.5 Å². The van der Waals surface area contributed by atoms with E-state index in [4.69, 9.17) is 5.73 Å². The third kappa shape index (κ3) is 1.31. The summed E-state index contributed by atoms with van der Waals surface area (Å²) in [5.41, 5.74) is 7.78. The number of nitrogens with two attached hydrogens (primary N) is 1. The molecule has 0 fully saturated rings. The molecule has 0 amide bonds. The van der Waals surface area contributed by atoms with E-state index in [-0.39, 0.29) is 0 Å². The molecule has 0 atom stereocenters. The maximum atomic E-state index is 5.51. The Hall–Kier alpha value is -1.35. The highest BCUT2D eigenvalue weighted by Crippen LogP contribution is 2.17. The highest BCUT2D eigenvalue weighted by molar-refractivity contribution is 5.81. The highest BCUT2D eigenvalue weighted by Gasteiger charge is 2.05. The smallest absolute Gasteiger partial charge is 0.0715 e. The summed E-state index contributed by atoms with van der Waals surface area (Å²) in [7, 11) is 1.96. The van der Waals surface area contributed by atoms with E-state index in [9.17, 15) is 0 Å². The third-order valence-electron chi connectivity index (χ3n) is 2.22. The maximum Gasteiger partial charge on any atom is 0.0715 e. The van der Waals surface area contributed by atoms with E-state index in [0.29, 0.717) is 6.54 Å². The van der Waals surface area contributed by atoms with Gasteiger partial charge < -0.3 is 5.73 Å². The molecule has 0 aliphatic rings. The zero-order chi connectivity index (χ0) is 9.26. The van der Waals surface area contributed by atoms with Crippen LogP contribution in [0.5, 0.6) is 0 Å². The van der Waals surface area contributed by atoms with Crippen molar-refractivity contribution in [1.29, 1.82) is 0 Å². The molecule has 3 heteroatoms. The fourth-order valence-electron chi connectivity index (χ4n) is 1.61. The van der Waals surface area contributed by atoms with Gasteiger partial charge in [0.1, 0.15) is 0 Å². The molecule has 0 radical (unpaired) electrons. The van der Waals surface area contributed by atoms with E-state index in [2.05, 4.69) is 17.2 Å². The summed E-state index contributed by atoms with van der Waals surface area (Å²) in [5.74, 6) is 0. The van der Waals surface area contributed by atoms with Gasteiger partial charge in [0.25, 0.3) is 0 Å². The summed E-state index contributed by atoms with van der Waals surface area (Å²) >= 11 is 0. The van der Waals surface area contributed by atoms with Crippen molar-refractivity contribution in [1.82, 2.24) is 9.78 Å². The van der Waals surface area contributed by atoms with Crippen LogP contribution in [0.1, 0.15) is 5.69 Å². The average molecular weight is 175 g/mol. The Morgan fingerprint density at radius 1 is 1.38 bits per heavy atom. The molecule has 0 unspecified atom stereocenters. The van der Waals surface area contributed by atoms with Gasteiger partial charge in [0.15, 0.2) is 0 Å². The van der Waals surface area contributed by atoms with Gasteiger partial charge in [-0.15, -0.1) is 0 Å². The van der Waals surface area contributed by atoms with E-state index in [1.165, 1.54) is 10.9 Å². The van der Waals surface area contributed by atoms with Crippen LogP contribution < -0.4 is 5.73 Å². The Morgan fingerprint density at radius 2 is 2.15 bits per heavy atom. The summed E-state index contributed by atoms with van der Waals surface area (Å²) < 4.78 is 1.90. The molecular formula is C10H13N3. The van der Waals surface area contributed by atoms with E-state index < -0.39 is 0 Å². The van der Waals surface area contributed by atoms with Crippen LogP contribution in [0.3, 0.4) is 0 Å². The van der Waals surface area contributed by atoms with Gasteiger partial charge in [-0.3, -0.25) is 4.68 Å².